The summed E-state index contributed by atoms with van der Waals surface area (Å²) in [5, 5.41) is 5.52. The third-order valence-electron chi connectivity index (χ3n) is 7.52. The molecule has 0 saturated carbocycles. The van der Waals surface area contributed by atoms with E-state index in [1.165, 1.54) is 31.4 Å². The van der Waals surface area contributed by atoms with Gasteiger partial charge in [-0.15, -0.1) is 0 Å². The van der Waals surface area contributed by atoms with Gasteiger partial charge in [-0.25, -0.2) is 13.2 Å². The Labute approximate surface area is 338 Å². The number of rotatable bonds is 18. The Morgan fingerprint density at radius 3 is 1.92 bits per heavy atom. The Kier molecular flexibility index (Phi) is 20.6. The molecule has 0 aliphatic carbocycles. The minimum Gasteiger partial charge on any atom is -0.790 e. The minimum absolute atomic E-state index is 0. The smallest absolute Gasteiger partial charge is 0.790 e. The molecule has 3 aromatic rings. The van der Waals surface area contributed by atoms with Crippen LogP contribution in [0.3, 0.4) is 0 Å². The van der Waals surface area contributed by atoms with Crippen LogP contribution in [0.1, 0.15) is 50.2 Å². The van der Waals surface area contributed by atoms with E-state index >= 15 is 0 Å². The predicted octanol–water partition coefficient (Wildman–Crippen LogP) is -3.02. The standard InChI is InChI=1S/C33H45N4O9PS.2Na/c1-24(2)22-37(48(43,44)29-19-17-27(34)18-20-29)28(23-46-47(40,41)42)16-10-11-21-35-32(38)31(36-33(39)45-3)30(25-12-6-4-7-13-25)26-14-8-5-9-15-26;;/h4-9,12-15,17-20,24,28,30-31H,10-11,16,21-23,34H2,1-3H3,(H,35,38)(H,36,39)(H2,40,41,42);;/q;2*+1/p-2/t28-,31?;;/m0../s1. The Balaban J connectivity index is 0.00000625. The fraction of sp³-hybridized carbons (Fsp3) is 0.394. The SMILES string of the molecule is COC(=O)NC(C(=O)NCCCC[C@@H](COP(=O)([O-])[O-])N(CC(C)C)S(=O)(=O)c1ccc(N)cc1)C(c1ccccc1)c1ccccc1.[Na+].[Na+]. The molecule has 0 aliphatic rings. The summed E-state index contributed by atoms with van der Waals surface area (Å²) in [7, 11) is -8.34. The Hall–Kier alpha value is -1.78. The molecule has 13 nitrogen and oxygen atoms in total. The molecule has 0 aromatic heterocycles. The molecule has 2 atom stereocenters. The molecule has 3 aromatic carbocycles. The van der Waals surface area contributed by atoms with Crippen molar-refractivity contribution in [2.24, 2.45) is 5.92 Å². The maximum atomic E-state index is 13.7. The first-order chi connectivity index (χ1) is 22.7. The normalized spacial score (nSPS) is 12.8. The zero-order valence-electron chi connectivity index (χ0n) is 29.2. The largest absolute Gasteiger partial charge is 1.00 e. The van der Waals surface area contributed by atoms with Crippen LogP contribution in [-0.4, -0.2) is 63.6 Å². The summed E-state index contributed by atoms with van der Waals surface area (Å²) in [6, 6.07) is 22.1. The van der Waals surface area contributed by atoms with Crippen molar-refractivity contribution in [1.82, 2.24) is 14.9 Å². The third-order valence-corrected chi connectivity index (χ3v) is 9.92. The molecule has 0 heterocycles. The zero-order valence-corrected chi connectivity index (χ0v) is 34.9. The first kappa shape index (κ1) is 46.2. The second kappa shape index (κ2) is 22.3. The van der Waals surface area contributed by atoms with Crippen molar-refractivity contribution in [3.05, 3.63) is 96.1 Å². The Morgan fingerprint density at radius 2 is 1.44 bits per heavy atom. The van der Waals surface area contributed by atoms with Crippen molar-refractivity contribution in [1.29, 1.82) is 0 Å². The molecule has 0 spiro atoms. The van der Waals surface area contributed by atoms with E-state index in [2.05, 4.69) is 15.2 Å². The van der Waals surface area contributed by atoms with E-state index in [1.807, 2.05) is 74.5 Å². The molecule has 0 bridgehead atoms. The number of alkyl carbamates (subject to hydrolysis) is 1. The molecule has 0 fully saturated rings. The quantitative estimate of drug-likeness (QED) is 0.0520. The number of nitrogen functional groups attached to an aromatic ring is 1. The maximum Gasteiger partial charge on any atom is 1.00 e. The molecule has 1 unspecified atom stereocenters. The van der Waals surface area contributed by atoms with Crippen molar-refractivity contribution < 1.29 is 101 Å². The molecule has 17 heteroatoms. The second-order valence-corrected chi connectivity index (χ2v) is 14.7. The van der Waals surface area contributed by atoms with Crippen molar-refractivity contribution in [3.8, 4) is 0 Å². The van der Waals surface area contributed by atoms with Crippen molar-refractivity contribution in [2.45, 2.75) is 56.0 Å². The molecular weight excluding hydrogens is 705 g/mol. The van der Waals surface area contributed by atoms with E-state index in [4.69, 9.17) is 10.5 Å². The average Bonchev–Trinajstić information content (AvgIpc) is 3.05. The van der Waals surface area contributed by atoms with E-state index < -0.39 is 54.5 Å². The topological polar surface area (TPSA) is 203 Å². The van der Waals surface area contributed by atoms with E-state index in [9.17, 15) is 32.4 Å². The summed E-state index contributed by atoms with van der Waals surface area (Å²) < 4.78 is 49.4. The number of sulfonamides is 1. The number of methoxy groups -OCH3 is 1. The number of benzene rings is 3. The summed E-state index contributed by atoms with van der Waals surface area (Å²) in [5.41, 5.74) is 7.70. The van der Waals surface area contributed by atoms with Gasteiger partial charge < -0.3 is 40.0 Å². The van der Waals surface area contributed by atoms with E-state index in [1.54, 1.807) is 0 Å². The van der Waals surface area contributed by atoms with Crippen LogP contribution in [0.25, 0.3) is 0 Å². The number of unbranched alkanes of at least 4 members (excludes halogenated alkanes) is 1. The number of phosphoric acid groups is 1. The van der Waals surface area contributed by atoms with Gasteiger partial charge in [0.05, 0.1) is 26.4 Å². The number of phosphoric ester groups is 1. The molecular formula is C33H43N4Na2O9PS. The number of nitrogens with two attached hydrogens (primary N) is 1. The maximum absolute atomic E-state index is 13.7. The summed E-state index contributed by atoms with van der Waals surface area (Å²) in [6.07, 6.45) is 0.0322. The van der Waals surface area contributed by atoms with Gasteiger partial charge in [0.2, 0.25) is 15.9 Å². The van der Waals surface area contributed by atoms with Gasteiger partial charge in [0.25, 0.3) is 0 Å². The molecule has 262 valence electrons. The van der Waals surface area contributed by atoms with E-state index in [0.29, 0.717) is 18.5 Å². The van der Waals surface area contributed by atoms with Crippen LogP contribution in [0.15, 0.2) is 89.8 Å². The summed E-state index contributed by atoms with van der Waals surface area (Å²) in [6.45, 7) is 3.13. The van der Waals surface area contributed by atoms with Gasteiger partial charge in [-0.2, -0.15) is 4.31 Å². The molecule has 2 amide bonds. The molecule has 0 aliphatic heterocycles. The van der Waals surface area contributed by atoms with Crippen LogP contribution in [0.4, 0.5) is 10.5 Å². The number of hydrogen-bond donors (Lipinski definition) is 3. The van der Waals surface area contributed by atoms with Crippen LogP contribution in [-0.2, 0) is 28.6 Å². The third kappa shape index (κ3) is 14.7. The van der Waals surface area contributed by atoms with Gasteiger partial charge in [-0.05, 0) is 54.2 Å². The predicted molar refractivity (Wildman–Crippen MR) is 178 cm³/mol. The fourth-order valence-corrected chi connectivity index (χ4v) is 7.44. The zero-order chi connectivity index (χ0) is 35.3. The van der Waals surface area contributed by atoms with Crippen molar-refractivity contribution >= 4 is 35.5 Å². The first-order valence-electron chi connectivity index (χ1n) is 15.5. The average molecular weight is 749 g/mol. The molecule has 50 heavy (non-hydrogen) atoms. The van der Waals surface area contributed by atoms with Crippen molar-refractivity contribution in [3.63, 3.8) is 0 Å². The van der Waals surface area contributed by atoms with Gasteiger partial charge in [0, 0.05) is 30.7 Å². The number of amides is 2. The van der Waals surface area contributed by atoms with Crippen LogP contribution >= 0.6 is 7.82 Å². The molecule has 0 saturated heterocycles. The number of ether oxygens (including phenoxy) is 1. The minimum atomic E-state index is -5.41. The molecule has 4 N–H and O–H groups in total. The molecule has 0 radical (unpaired) electrons. The van der Waals surface area contributed by atoms with E-state index in [0.717, 1.165) is 15.4 Å². The van der Waals surface area contributed by atoms with Crippen LogP contribution < -0.4 is 85.3 Å². The number of carbonyl (C=O) groups excluding carboxylic acids is 2. The number of carbonyl (C=O) groups is 2. The van der Waals surface area contributed by atoms with Gasteiger partial charge in [-0.3, -0.25) is 4.79 Å². The summed E-state index contributed by atoms with van der Waals surface area (Å²) >= 11 is 0. The monoisotopic (exact) mass is 748 g/mol. The fourth-order valence-electron chi connectivity index (χ4n) is 5.28. The number of anilines is 1. The van der Waals surface area contributed by atoms with E-state index in [-0.39, 0.29) is 89.4 Å². The van der Waals surface area contributed by atoms with Crippen LogP contribution in [0.5, 0.6) is 0 Å². The summed E-state index contributed by atoms with van der Waals surface area (Å²) in [5.74, 6) is -1.17. The van der Waals surface area contributed by atoms with Crippen LogP contribution in [0.2, 0.25) is 0 Å². The number of nitrogens with zero attached hydrogens (tertiary/aromatic N) is 1. The van der Waals surface area contributed by atoms with Gasteiger partial charge >= 0.3 is 65.2 Å². The van der Waals surface area contributed by atoms with Gasteiger partial charge in [0.15, 0.2) is 0 Å². The van der Waals surface area contributed by atoms with Gasteiger partial charge in [-0.1, -0.05) is 80.9 Å². The summed E-state index contributed by atoms with van der Waals surface area (Å²) in [4.78, 5) is 48.7. The Bertz CT molecular complexity index is 1580. The van der Waals surface area contributed by atoms with Crippen LogP contribution in [0, 0.1) is 5.92 Å². The van der Waals surface area contributed by atoms with Gasteiger partial charge in [0.1, 0.15) is 6.04 Å². The number of hydrogen-bond acceptors (Lipinski definition) is 10. The molecule has 3 rings (SSSR count). The first-order valence-corrected chi connectivity index (χ1v) is 18.4. The van der Waals surface area contributed by atoms with Crippen molar-refractivity contribution in [2.75, 3.05) is 32.5 Å². The second-order valence-electron chi connectivity index (χ2n) is 11.6. The number of nitrogens with one attached hydrogen (secondary N) is 2. The Morgan fingerprint density at radius 1 is 0.900 bits per heavy atom.